The molecule has 1 fully saturated rings. The highest BCUT2D eigenvalue weighted by atomic mass is 16.2. The van der Waals surface area contributed by atoms with Crippen LogP contribution in [0.5, 0.6) is 0 Å². The molecule has 0 saturated carbocycles. The van der Waals surface area contributed by atoms with Gasteiger partial charge in [-0.2, -0.15) is 0 Å². The van der Waals surface area contributed by atoms with Gasteiger partial charge in [-0.25, -0.2) is 0 Å². The fourth-order valence-electron chi connectivity index (χ4n) is 2.41. The lowest BCUT2D eigenvalue weighted by atomic mass is 9.85. The number of nitrogens with one attached hydrogen (secondary N) is 1. The zero-order valence-corrected chi connectivity index (χ0v) is 9.98. The molecule has 17 heavy (non-hydrogen) atoms. The van der Waals surface area contributed by atoms with Crippen LogP contribution in [0.1, 0.15) is 18.9 Å². The molecule has 0 bridgehead atoms. The van der Waals surface area contributed by atoms with Crippen molar-refractivity contribution >= 4 is 11.7 Å². The van der Waals surface area contributed by atoms with E-state index < -0.39 is 5.92 Å². The molecule has 0 spiro atoms. The summed E-state index contributed by atoms with van der Waals surface area (Å²) < 4.78 is 0. The van der Waals surface area contributed by atoms with Crippen molar-refractivity contribution in [3.63, 3.8) is 0 Å². The molecule has 3 nitrogen and oxygen atoms in total. The van der Waals surface area contributed by atoms with Crippen molar-refractivity contribution in [2.24, 2.45) is 11.8 Å². The molecule has 2 atom stereocenters. The first-order valence-corrected chi connectivity index (χ1v) is 6.06. The van der Waals surface area contributed by atoms with E-state index in [1.54, 1.807) is 0 Å². The lowest BCUT2D eigenvalue weighted by Crippen LogP contribution is -2.28. The van der Waals surface area contributed by atoms with E-state index in [4.69, 9.17) is 0 Å². The second-order valence-corrected chi connectivity index (χ2v) is 4.49. The molecule has 1 aromatic rings. The Morgan fingerprint density at radius 1 is 1.35 bits per heavy atom. The second kappa shape index (κ2) is 5.13. The highest BCUT2D eigenvalue weighted by molar-refractivity contribution is 6.03. The number of carbonyl (C=O) groups excluding carboxylic acids is 2. The Balaban J connectivity index is 2.10. The molecule has 0 aliphatic carbocycles. The van der Waals surface area contributed by atoms with E-state index in [9.17, 15) is 9.59 Å². The molecule has 1 aliphatic rings. The van der Waals surface area contributed by atoms with Gasteiger partial charge in [0.2, 0.25) is 5.91 Å². The van der Waals surface area contributed by atoms with E-state index in [2.05, 4.69) is 5.32 Å². The highest BCUT2D eigenvalue weighted by Gasteiger charge is 2.38. The number of carbonyl (C=O) groups is 2. The van der Waals surface area contributed by atoms with Crippen LogP contribution in [0.3, 0.4) is 0 Å². The molecule has 1 heterocycles. The summed E-state index contributed by atoms with van der Waals surface area (Å²) in [7, 11) is 0. The smallest absolute Gasteiger partial charge is 0.230 e. The lowest BCUT2D eigenvalue weighted by Gasteiger charge is -2.14. The first-order valence-electron chi connectivity index (χ1n) is 6.06. The van der Waals surface area contributed by atoms with Gasteiger partial charge < -0.3 is 5.32 Å². The third kappa shape index (κ3) is 2.54. The van der Waals surface area contributed by atoms with Gasteiger partial charge in [-0.1, -0.05) is 37.3 Å². The largest absolute Gasteiger partial charge is 0.355 e. The van der Waals surface area contributed by atoms with Crippen LogP contribution in [0.4, 0.5) is 0 Å². The fourth-order valence-corrected chi connectivity index (χ4v) is 2.41. The predicted molar refractivity (Wildman–Crippen MR) is 65.4 cm³/mol. The molecule has 1 aromatic carbocycles. The van der Waals surface area contributed by atoms with Crippen LogP contribution in [-0.4, -0.2) is 18.2 Å². The molecule has 1 amide bonds. The Labute approximate surface area is 101 Å². The first-order chi connectivity index (χ1) is 8.22. The molecular weight excluding hydrogens is 214 g/mol. The van der Waals surface area contributed by atoms with Gasteiger partial charge in [0.1, 0.15) is 11.7 Å². The maximum absolute atomic E-state index is 11.8. The van der Waals surface area contributed by atoms with Crippen molar-refractivity contribution in [3.8, 4) is 0 Å². The Kier molecular flexibility index (Phi) is 3.57. The molecule has 90 valence electrons. The summed E-state index contributed by atoms with van der Waals surface area (Å²) >= 11 is 0. The molecule has 0 radical (unpaired) electrons. The number of ketones is 1. The Morgan fingerprint density at radius 2 is 2.06 bits per heavy atom. The molecular formula is C14H17NO2. The Morgan fingerprint density at radius 3 is 2.71 bits per heavy atom. The van der Waals surface area contributed by atoms with Crippen LogP contribution in [0, 0.1) is 11.8 Å². The van der Waals surface area contributed by atoms with Gasteiger partial charge in [0.15, 0.2) is 0 Å². The zero-order valence-electron chi connectivity index (χ0n) is 9.98. The molecule has 3 heteroatoms. The van der Waals surface area contributed by atoms with Crippen LogP contribution in [-0.2, 0) is 16.0 Å². The van der Waals surface area contributed by atoms with Gasteiger partial charge in [0.05, 0.1) is 0 Å². The predicted octanol–water partition coefficient (Wildman–Crippen LogP) is 1.57. The molecule has 1 aliphatic heterocycles. The summed E-state index contributed by atoms with van der Waals surface area (Å²) in [6.45, 7) is 2.43. The second-order valence-electron chi connectivity index (χ2n) is 4.49. The number of rotatable bonds is 4. The standard InChI is InChI=1S/C14H17NO2/c1-2-12(16)13-11(9-15-14(13)17)8-10-6-4-3-5-7-10/h3-7,11,13H,2,8-9H2,1H3,(H,15,17)/t11-,13+/m1/s1. The van der Waals surface area contributed by atoms with Gasteiger partial charge >= 0.3 is 0 Å². The van der Waals surface area contributed by atoms with E-state index in [1.165, 1.54) is 5.56 Å². The summed E-state index contributed by atoms with van der Waals surface area (Å²) in [6.07, 6.45) is 1.22. The number of hydrogen-bond acceptors (Lipinski definition) is 2. The summed E-state index contributed by atoms with van der Waals surface area (Å²) in [4.78, 5) is 23.4. The minimum Gasteiger partial charge on any atom is -0.355 e. The van der Waals surface area contributed by atoms with Crippen LogP contribution >= 0.6 is 0 Å². The van der Waals surface area contributed by atoms with Gasteiger partial charge in [-0.3, -0.25) is 9.59 Å². The van der Waals surface area contributed by atoms with E-state index in [1.807, 2.05) is 37.3 Å². The van der Waals surface area contributed by atoms with Gasteiger partial charge in [0, 0.05) is 13.0 Å². The number of amides is 1. The average molecular weight is 231 g/mol. The minimum absolute atomic E-state index is 0.0564. The monoisotopic (exact) mass is 231 g/mol. The maximum Gasteiger partial charge on any atom is 0.230 e. The fraction of sp³-hybridized carbons (Fsp3) is 0.429. The van der Waals surface area contributed by atoms with E-state index in [0.717, 1.165) is 6.42 Å². The topological polar surface area (TPSA) is 46.2 Å². The summed E-state index contributed by atoms with van der Waals surface area (Å²) in [5.41, 5.74) is 1.18. The summed E-state index contributed by atoms with van der Waals surface area (Å²) in [5.74, 6) is -0.378. The van der Waals surface area contributed by atoms with E-state index in [-0.39, 0.29) is 17.6 Å². The van der Waals surface area contributed by atoms with Crippen molar-refractivity contribution < 1.29 is 9.59 Å². The van der Waals surface area contributed by atoms with Crippen LogP contribution in [0.25, 0.3) is 0 Å². The van der Waals surface area contributed by atoms with Crippen LogP contribution in [0.2, 0.25) is 0 Å². The number of benzene rings is 1. The first kappa shape index (κ1) is 11.8. The zero-order chi connectivity index (χ0) is 12.3. The van der Waals surface area contributed by atoms with Crippen LogP contribution < -0.4 is 5.32 Å². The van der Waals surface area contributed by atoms with Crippen LogP contribution in [0.15, 0.2) is 30.3 Å². The van der Waals surface area contributed by atoms with E-state index >= 15 is 0 Å². The molecule has 2 rings (SSSR count). The van der Waals surface area contributed by atoms with Gasteiger partial charge in [0.25, 0.3) is 0 Å². The average Bonchev–Trinajstić information content (AvgIpc) is 2.71. The molecule has 1 saturated heterocycles. The van der Waals surface area contributed by atoms with Gasteiger partial charge in [-0.05, 0) is 17.9 Å². The van der Waals surface area contributed by atoms with E-state index in [0.29, 0.717) is 13.0 Å². The molecule has 1 N–H and O–H groups in total. The number of hydrogen-bond donors (Lipinski definition) is 1. The highest BCUT2D eigenvalue weighted by Crippen LogP contribution is 2.24. The maximum atomic E-state index is 11.8. The Bertz CT molecular complexity index is 413. The number of Topliss-reactive ketones (excluding diaryl/α,β-unsaturated/α-hetero) is 1. The van der Waals surface area contributed by atoms with Gasteiger partial charge in [-0.15, -0.1) is 0 Å². The Hall–Kier alpha value is -1.64. The molecule has 0 aromatic heterocycles. The third-order valence-electron chi connectivity index (χ3n) is 3.33. The lowest BCUT2D eigenvalue weighted by molar-refractivity contribution is -0.132. The minimum atomic E-state index is -0.444. The quantitative estimate of drug-likeness (QED) is 0.799. The SMILES string of the molecule is CCC(=O)[C@H]1C(=O)NC[C@H]1Cc1ccccc1. The third-order valence-corrected chi connectivity index (χ3v) is 3.33. The van der Waals surface area contributed by atoms with Crippen molar-refractivity contribution in [1.82, 2.24) is 5.32 Å². The van der Waals surface area contributed by atoms with Crippen molar-refractivity contribution in [1.29, 1.82) is 0 Å². The van der Waals surface area contributed by atoms with Crippen molar-refractivity contribution in [2.75, 3.05) is 6.54 Å². The van der Waals surface area contributed by atoms with Crippen molar-refractivity contribution in [3.05, 3.63) is 35.9 Å². The van der Waals surface area contributed by atoms with Crippen molar-refractivity contribution in [2.45, 2.75) is 19.8 Å². The normalized spacial score (nSPS) is 23.5. The summed E-state index contributed by atoms with van der Waals surface area (Å²) in [5, 5.41) is 2.80. The summed E-state index contributed by atoms with van der Waals surface area (Å²) in [6, 6.07) is 10.0. The molecule has 0 unspecified atom stereocenters.